The first-order valence-electron chi connectivity index (χ1n) is 7.23. The highest BCUT2D eigenvalue weighted by Crippen LogP contribution is 2.27. The molecule has 2 aliphatic heterocycles. The normalized spacial score (nSPS) is 24.2. The molecule has 0 aliphatic carbocycles. The third-order valence-electron chi connectivity index (χ3n) is 4.05. The molecule has 2 fully saturated rings. The van der Waals surface area contributed by atoms with E-state index >= 15 is 0 Å². The number of rotatable bonds is 3. The van der Waals surface area contributed by atoms with Gasteiger partial charge in [0.25, 0.3) is 0 Å². The molecule has 5 nitrogen and oxygen atoms in total. The topological polar surface area (TPSA) is 61.4 Å². The van der Waals surface area contributed by atoms with Crippen LogP contribution in [-0.2, 0) is 9.59 Å². The molecule has 2 amide bonds. The molecule has 0 spiro atoms. The van der Waals surface area contributed by atoms with Crippen molar-refractivity contribution in [3.63, 3.8) is 0 Å². The predicted molar refractivity (Wildman–Crippen MR) is 91.3 cm³/mol. The van der Waals surface area contributed by atoms with Crippen molar-refractivity contribution in [2.45, 2.75) is 18.9 Å². The van der Waals surface area contributed by atoms with Crippen molar-refractivity contribution < 1.29 is 9.59 Å². The molecule has 1 aromatic carbocycles. The molecule has 2 aliphatic rings. The van der Waals surface area contributed by atoms with E-state index < -0.39 is 5.92 Å². The summed E-state index contributed by atoms with van der Waals surface area (Å²) < 4.78 is 0.928. The summed E-state index contributed by atoms with van der Waals surface area (Å²) in [7, 11) is 0. The number of hydrogen-bond acceptors (Lipinski definition) is 3. The molecule has 120 valence electrons. The van der Waals surface area contributed by atoms with Crippen LogP contribution < -0.4 is 15.5 Å². The molecule has 22 heavy (non-hydrogen) atoms. The zero-order chi connectivity index (χ0) is 14.8. The second-order valence-corrected chi connectivity index (χ2v) is 6.42. The van der Waals surface area contributed by atoms with Crippen LogP contribution in [0.3, 0.4) is 0 Å². The van der Waals surface area contributed by atoms with Gasteiger partial charge in [0.15, 0.2) is 0 Å². The van der Waals surface area contributed by atoms with Crippen molar-refractivity contribution in [1.29, 1.82) is 0 Å². The van der Waals surface area contributed by atoms with Gasteiger partial charge in [-0.3, -0.25) is 9.59 Å². The van der Waals surface area contributed by atoms with Gasteiger partial charge in [-0.05, 0) is 37.6 Å². The molecule has 2 unspecified atom stereocenters. The van der Waals surface area contributed by atoms with E-state index in [1.54, 1.807) is 4.90 Å². The number of hydrogen-bond donors (Lipinski definition) is 2. The van der Waals surface area contributed by atoms with E-state index in [0.29, 0.717) is 13.0 Å². The van der Waals surface area contributed by atoms with Crippen LogP contribution in [0.25, 0.3) is 0 Å². The van der Waals surface area contributed by atoms with Crippen molar-refractivity contribution in [2.75, 3.05) is 24.5 Å². The largest absolute Gasteiger partial charge is 0.351 e. The number of amides is 2. The summed E-state index contributed by atoms with van der Waals surface area (Å²) in [5.41, 5.74) is 0.840. The summed E-state index contributed by atoms with van der Waals surface area (Å²) in [5.74, 6) is -0.785. The van der Waals surface area contributed by atoms with Crippen LogP contribution in [0.2, 0.25) is 0 Å². The summed E-state index contributed by atoms with van der Waals surface area (Å²) in [5, 5.41) is 6.18. The third kappa shape index (κ3) is 3.62. The highest BCUT2D eigenvalue weighted by Gasteiger charge is 2.38. The molecule has 0 aromatic heterocycles. The average Bonchev–Trinajstić information content (AvgIpc) is 3.08. The molecular weight excluding hydrogens is 370 g/mol. The minimum absolute atomic E-state index is 0. The fraction of sp³-hybridized carbons (Fsp3) is 0.467. The molecule has 0 bridgehead atoms. The van der Waals surface area contributed by atoms with E-state index in [-0.39, 0.29) is 30.3 Å². The van der Waals surface area contributed by atoms with E-state index in [2.05, 4.69) is 26.6 Å². The Morgan fingerprint density at radius 2 is 2.18 bits per heavy atom. The summed E-state index contributed by atoms with van der Waals surface area (Å²) >= 11 is 3.41. The van der Waals surface area contributed by atoms with E-state index in [4.69, 9.17) is 0 Å². The lowest BCUT2D eigenvalue weighted by Crippen LogP contribution is -2.42. The van der Waals surface area contributed by atoms with Crippen LogP contribution in [-0.4, -0.2) is 37.5 Å². The van der Waals surface area contributed by atoms with Gasteiger partial charge in [-0.2, -0.15) is 0 Å². The number of anilines is 1. The maximum Gasteiger partial charge on any atom is 0.239 e. The average molecular weight is 389 g/mol. The maximum atomic E-state index is 12.5. The number of nitrogens with zero attached hydrogens (tertiary/aromatic N) is 1. The fourth-order valence-corrected chi connectivity index (χ4v) is 3.29. The van der Waals surface area contributed by atoms with E-state index in [9.17, 15) is 9.59 Å². The van der Waals surface area contributed by atoms with Crippen molar-refractivity contribution in [1.82, 2.24) is 10.6 Å². The summed E-state index contributed by atoms with van der Waals surface area (Å²) in [6.07, 6.45) is 1.51. The molecule has 7 heteroatoms. The first-order valence-corrected chi connectivity index (χ1v) is 8.02. The Balaban J connectivity index is 0.00000176. The van der Waals surface area contributed by atoms with Gasteiger partial charge in [0, 0.05) is 29.3 Å². The van der Waals surface area contributed by atoms with Crippen LogP contribution >= 0.6 is 28.3 Å². The lowest BCUT2D eigenvalue weighted by molar-refractivity contribution is -0.132. The Morgan fingerprint density at radius 3 is 2.86 bits per heavy atom. The highest BCUT2D eigenvalue weighted by atomic mass is 79.9. The standard InChI is InChI=1S/C15H18BrN3O2.ClH/c16-10-2-1-3-12(8-10)19-7-5-13(15(19)21)14(20)18-11-4-6-17-9-11;/h1-3,8,11,13,17H,4-7,9H2,(H,18,20);1H. The Labute approximate surface area is 144 Å². The SMILES string of the molecule is Cl.O=C(NC1CCNC1)C1CCN(c2cccc(Br)c2)C1=O. The molecule has 2 heterocycles. The van der Waals surface area contributed by atoms with Gasteiger partial charge in [-0.15, -0.1) is 12.4 Å². The third-order valence-corrected chi connectivity index (χ3v) is 4.54. The van der Waals surface area contributed by atoms with Gasteiger partial charge in [-0.25, -0.2) is 0 Å². The Morgan fingerprint density at radius 1 is 1.36 bits per heavy atom. The minimum atomic E-state index is -0.551. The number of nitrogens with one attached hydrogen (secondary N) is 2. The van der Waals surface area contributed by atoms with Crippen molar-refractivity contribution in [3.8, 4) is 0 Å². The summed E-state index contributed by atoms with van der Waals surface area (Å²) in [4.78, 5) is 26.4. The number of benzene rings is 1. The van der Waals surface area contributed by atoms with Gasteiger partial charge < -0.3 is 15.5 Å². The Kier molecular flexibility index (Phi) is 5.83. The van der Waals surface area contributed by atoms with Crippen LogP contribution in [0.1, 0.15) is 12.8 Å². The van der Waals surface area contributed by atoms with E-state index in [1.165, 1.54) is 0 Å². The van der Waals surface area contributed by atoms with Crippen LogP contribution in [0.4, 0.5) is 5.69 Å². The molecule has 2 atom stereocenters. The maximum absolute atomic E-state index is 12.5. The van der Waals surface area contributed by atoms with Gasteiger partial charge in [-0.1, -0.05) is 22.0 Å². The van der Waals surface area contributed by atoms with Crippen LogP contribution in [0, 0.1) is 5.92 Å². The second kappa shape index (κ2) is 7.44. The monoisotopic (exact) mass is 387 g/mol. The van der Waals surface area contributed by atoms with Crippen molar-refractivity contribution in [3.05, 3.63) is 28.7 Å². The number of carbonyl (C=O) groups excluding carboxylic acids is 2. The summed E-state index contributed by atoms with van der Waals surface area (Å²) in [6, 6.07) is 7.76. The fourth-order valence-electron chi connectivity index (χ4n) is 2.90. The zero-order valence-corrected chi connectivity index (χ0v) is 14.5. The molecule has 1 aromatic rings. The first kappa shape index (κ1) is 17.2. The molecule has 2 saturated heterocycles. The number of carbonyl (C=O) groups is 2. The van der Waals surface area contributed by atoms with Gasteiger partial charge in [0.1, 0.15) is 5.92 Å². The smallest absolute Gasteiger partial charge is 0.239 e. The molecule has 3 rings (SSSR count). The Bertz CT molecular complexity index is 563. The van der Waals surface area contributed by atoms with Crippen LogP contribution in [0.5, 0.6) is 0 Å². The molecule has 2 N–H and O–H groups in total. The summed E-state index contributed by atoms with van der Waals surface area (Å²) in [6.45, 7) is 2.31. The first-order chi connectivity index (χ1) is 10.1. The lowest BCUT2D eigenvalue weighted by atomic mass is 10.1. The predicted octanol–water partition coefficient (Wildman–Crippen LogP) is 1.70. The van der Waals surface area contributed by atoms with Gasteiger partial charge in [0.2, 0.25) is 11.8 Å². The highest BCUT2D eigenvalue weighted by molar-refractivity contribution is 9.10. The van der Waals surface area contributed by atoms with Crippen molar-refractivity contribution >= 4 is 45.8 Å². The quantitative estimate of drug-likeness (QED) is 0.775. The Hall–Kier alpha value is -1.11. The van der Waals surface area contributed by atoms with Crippen LogP contribution in [0.15, 0.2) is 28.7 Å². The molecule has 0 radical (unpaired) electrons. The lowest BCUT2D eigenvalue weighted by Gasteiger charge is -2.18. The zero-order valence-electron chi connectivity index (χ0n) is 12.0. The second-order valence-electron chi connectivity index (χ2n) is 5.51. The van der Waals surface area contributed by atoms with E-state index in [1.807, 2.05) is 24.3 Å². The number of halogens is 2. The van der Waals surface area contributed by atoms with Crippen molar-refractivity contribution in [2.24, 2.45) is 5.92 Å². The minimum Gasteiger partial charge on any atom is -0.351 e. The van der Waals surface area contributed by atoms with E-state index in [0.717, 1.165) is 29.7 Å². The van der Waals surface area contributed by atoms with Gasteiger partial charge >= 0.3 is 0 Å². The molecular formula is C15H19BrClN3O2. The van der Waals surface area contributed by atoms with Gasteiger partial charge in [0.05, 0.1) is 0 Å². The molecule has 0 saturated carbocycles.